The Morgan fingerprint density at radius 1 is 1.24 bits per heavy atom. The highest BCUT2D eigenvalue weighted by Crippen LogP contribution is 2.29. The van der Waals surface area contributed by atoms with Crippen LogP contribution in [0, 0.1) is 5.92 Å². The van der Waals surface area contributed by atoms with Crippen LogP contribution in [0.25, 0.3) is 11.0 Å². The average Bonchev–Trinajstić information content (AvgIpc) is 2.57. The maximum absolute atomic E-state index is 6.04. The van der Waals surface area contributed by atoms with Gasteiger partial charge in [-0.2, -0.15) is 0 Å². The average molecular weight is 292 g/mol. The van der Waals surface area contributed by atoms with Gasteiger partial charge in [-0.3, -0.25) is 0 Å². The molecule has 1 aromatic heterocycles. The number of fused-ring (bicyclic) bond motifs is 1. The Kier molecular flexibility index (Phi) is 3.86. The molecule has 0 aliphatic heterocycles. The number of hydrogen-bond acceptors (Lipinski definition) is 1. The topological polar surface area (TPSA) is 17.8 Å². The number of benzene rings is 1. The van der Waals surface area contributed by atoms with Crippen LogP contribution in [0.1, 0.15) is 19.7 Å². The first-order valence-corrected chi connectivity index (χ1v) is 6.72. The molecule has 2 nitrogen and oxygen atoms in total. The minimum atomic E-state index is 0.386. The van der Waals surface area contributed by atoms with Gasteiger partial charge in [-0.05, 0) is 18.1 Å². The van der Waals surface area contributed by atoms with Gasteiger partial charge >= 0.3 is 0 Å². The molecule has 0 aliphatic rings. The highest BCUT2D eigenvalue weighted by Gasteiger charge is 2.13. The fraction of sp³-hybridized carbons (Fsp3) is 0.417. The van der Waals surface area contributed by atoms with Crippen LogP contribution in [0.5, 0.6) is 0 Å². The third-order valence-corrected chi connectivity index (χ3v) is 3.50. The molecule has 0 atom stereocenters. The zero-order valence-corrected chi connectivity index (χ0v) is 11.9. The third kappa shape index (κ3) is 2.54. The Morgan fingerprint density at radius 2 is 1.88 bits per heavy atom. The van der Waals surface area contributed by atoms with Crippen LogP contribution < -0.4 is 0 Å². The number of imidazole rings is 1. The maximum atomic E-state index is 6.04. The number of rotatable bonds is 3. The molecule has 0 aliphatic carbocycles. The standard InChI is InChI=1S/C12H13Cl3N2/c1-7(2)6-17-11-4-9(15)8(14)3-10(11)16-12(17)5-13/h3-4,7H,5-6H2,1-2H3. The summed E-state index contributed by atoms with van der Waals surface area (Å²) in [6.45, 7) is 5.18. The van der Waals surface area contributed by atoms with Gasteiger partial charge in [0.2, 0.25) is 0 Å². The summed E-state index contributed by atoms with van der Waals surface area (Å²) in [6.07, 6.45) is 0. The number of nitrogens with zero attached hydrogens (tertiary/aromatic N) is 2. The van der Waals surface area contributed by atoms with E-state index in [-0.39, 0.29) is 0 Å². The molecule has 5 heteroatoms. The summed E-state index contributed by atoms with van der Waals surface area (Å²) in [5.74, 6) is 1.76. The summed E-state index contributed by atoms with van der Waals surface area (Å²) in [5, 5.41) is 1.07. The smallest absolute Gasteiger partial charge is 0.124 e. The van der Waals surface area contributed by atoms with Crippen LogP contribution in [0.15, 0.2) is 12.1 Å². The van der Waals surface area contributed by atoms with Crippen molar-refractivity contribution in [3.8, 4) is 0 Å². The van der Waals surface area contributed by atoms with Crippen LogP contribution in [-0.2, 0) is 12.4 Å². The van der Waals surface area contributed by atoms with Crippen LogP contribution in [0.2, 0.25) is 10.0 Å². The molecule has 1 aromatic carbocycles. The van der Waals surface area contributed by atoms with E-state index in [1.54, 1.807) is 6.07 Å². The highest BCUT2D eigenvalue weighted by molar-refractivity contribution is 6.42. The van der Waals surface area contributed by atoms with Gasteiger partial charge in [-0.1, -0.05) is 37.0 Å². The third-order valence-electron chi connectivity index (χ3n) is 2.54. The van der Waals surface area contributed by atoms with Crippen molar-refractivity contribution >= 4 is 45.8 Å². The first kappa shape index (κ1) is 13.0. The summed E-state index contributed by atoms with van der Waals surface area (Å²) in [4.78, 5) is 4.47. The predicted octanol–water partition coefficient (Wildman–Crippen LogP) is 4.74. The van der Waals surface area contributed by atoms with Gasteiger partial charge in [0.25, 0.3) is 0 Å². The first-order valence-electron chi connectivity index (χ1n) is 5.43. The lowest BCUT2D eigenvalue weighted by atomic mass is 10.2. The van der Waals surface area contributed by atoms with Gasteiger partial charge in [0.15, 0.2) is 0 Å². The second-order valence-corrected chi connectivity index (χ2v) is 5.50. The summed E-state index contributed by atoms with van der Waals surface area (Å²) in [6, 6.07) is 3.64. The Labute approximate surface area is 115 Å². The van der Waals surface area contributed by atoms with E-state index < -0.39 is 0 Å². The molecule has 2 aromatic rings. The second kappa shape index (κ2) is 5.05. The number of hydrogen-bond donors (Lipinski definition) is 0. The van der Waals surface area contributed by atoms with Crippen molar-refractivity contribution in [1.82, 2.24) is 9.55 Å². The van der Waals surface area contributed by atoms with Gasteiger partial charge in [0.1, 0.15) is 5.82 Å². The van der Waals surface area contributed by atoms with Crippen molar-refractivity contribution in [2.45, 2.75) is 26.3 Å². The molecule has 0 unspecified atom stereocenters. The van der Waals surface area contributed by atoms with Gasteiger partial charge in [-0.15, -0.1) is 11.6 Å². The molecule has 0 N–H and O–H groups in total. The summed E-state index contributed by atoms with van der Waals surface area (Å²) >= 11 is 17.9. The van der Waals surface area contributed by atoms with Crippen molar-refractivity contribution in [3.05, 3.63) is 28.0 Å². The molecule has 0 radical (unpaired) electrons. The molecule has 92 valence electrons. The molecule has 0 saturated carbocycles. The minimum Gasteiger partial charge on any atom is -0.327 e. The van der Waals surface area contributed by atoms with Gasteiger partial charge in [-0.25, -0.2) is 4.98 Å². The molecule has 0 fully saturated rings. The maximum Gasteiger partial charge on any atom is 0.124 e. The summed E-state index contributed by atoms with van der Waals surface area (Å²) in [7, 11) is 0. The Hall–Kier alpha value is -0.440. The van der Waals surface area contributed by atoms with E-state index >= 15 is 0 Å². The Bertz CT molecular complexity index is 546. The molecule has 1 heterocycles. The van der Waals surface area contributed by atoms with E-state index in [0.29, 0.717) is 21.8 Å². The summed E-state index contributed by atoms with van der Waals surface area (Å²) < 4.78 is 2.11. The number of halogens is 3. The lowest BCUT2D eigenvalue weighted by Gasteiger charge is -2.10. The van der Waals surface area contributed by atoms with E-state index in [4.69, 9.17) is 34.8 Å². The zero-order chi connectivity index (χ0) is 12.6. The van der Waals surface area contributed by atoms with Crippen molar-refractivity contribution in [1.29, 1.82) is 0 Å². The van der Waals surface area contributed by atoms with Gasteiger partial charge < -0.3 is 4.57 Å². The van der Waals surface area contributed by atoms with Crippen LogP contribution in [-0.4, -0.2) is 9.55 Å². The van der Waals surface area contributed by atoms with Crippen LogP contribution >= 0.6 is 34.8 Å². The second-order valence-electron chi connectivity index (χ2n) is 4.42. The van der Waals surface area contributed by atoms with E-state index in [2.05, 4.69) is 23.4 Å². The molecule has 17 heavy (non-hydrogen) atoms. The first-order chi connectivity index (χ1) is 8.02. The predicted molar refractivity (Wildman–Crippen MR) is 74.1 cm³/mol. The monoisotopic (exact) mass is 290 g/mol. The van der Waals surface area contributed by atoms with Crippen molar-refractivity contribution in [2.75, 3.05) is 0 Å². The number of aromatic nitrogens is 2. The zero-order valence-electron chi connectivity index (χ0n) is 9.67. The van der Waals surface area contributed by atoms with Gasteiger partial charge in [0.05, 0.1) is 27.0 Å². The van der Waals surface area contributed by atoms with E-state index in [0.717, 1.165) is 23.4 Å². The minimum absolute atomic E-state index is 0.386. The van der Waals surface area contributed by atoms with E-state index in [9.17, 15) is 0 Å². The molecule has 0 amide bonds. The molecular formula is C12H13Cl3N2. The fourth-order valence-electron chi connectivity index (χ4n) is 1.84. The van der Waals surface area contributed by atoms with Crippen molar-refractivity contribution in [3.63, 3.8) is 0 Å². The SMILES string of the molecule is CC(C)Cn1c(CCl)nc2cc(Cl)c(Cl)cc21. The number of alkyl halides is 1. The van der Waals surface area contributed by atoms with E-state index in [1.807, 2.05) is 6.07 Å². The molecule has 0 saturated heterocycles. The summed E-state index contributed by atoms with van der Waals surface area (Å²) in [5.41, 5.74) is 1.83. The Morgan fingerprint density at radius 3 is 2.47 bits per heavy atom. The highest BCUT2D eigenvalue weighted by atomic mass is 35.5. The lowest BCUT2D eigenvalue weighted by Crippen LogP contribution is -2.07. The molecule has 0 spiro atoms. The van der Waals surface area contributed by atoms with Crippen molar-refractivity contribution in [2.24, 2.45) is 5.92 Å². The molecule has 2 rings (SSSR count). The van der Waals surface area contributed by atoms with Crippen LogP contribution in [0.3, 0.4) is 0 Å². The van der Waals surface area contributed by atoms with Crippen LogP contribution in [0.4, 0.5) is 0 Å². The van der Waals surface area contributed by atoms with E-state index in [1.165, 1.54) is 0 Å². The van der Waals surface area contributed by atoms with Crippen molar-refractivity contribution < 1.29 is 0 Å². The fourth-order valence-corrected chi connectivity index (χ4v) is 2.36. The van der Waals surface area contributed by atoms with Gasteiger partial charge in [0, 0.05) is 6.54 Å². The lowest BCUT2D eigenvalue weighted by molar-refractivity contribution is 0.522. The Balaban J connectivity index is 2.65. The normalized spacial score (nSPS) is 11.6. The quantitative estimate of drug-likeness (QED) is 0.747. The molecule has 0 bridgehead atoms. The largest absolute Gasteiger partial charge is 0.327 e. The molecular weight excluding hydrogens is 279 g/mol.